The summed E-state index contributed by atoms with van der Waals surface area (Å²) in [5, 5.41) is 3.34. The third-order valence-electron chi connectivity index (χ3n) is 3.63. The lowest BCUT2D eigenvalue weighted by molar-refractivity contribution is -0.140. The van der Waals surface area contributed by atoms with Gasteiger partial charge in [0.05, 0.1) is 11.4 Å². The van der Waals surface area contributed by atoms with E-state index >= 15 is 0 Å². The van der Waals surface area contributed by atoms with Crippen molar-refractivity contribution in [3.05, 3.63) is 17.2 Å². The monoisotopic (exact) mass is 304 g/mol. The highest BCUT2D eigenvalue weighted by molar-refractivity contribution is 6.34. The lowest BCUT2D eigenvalue weighted by Crippen LogP contribution is -2.16. The van der Waals surface area contributed by atoms with E-state index in [9.17, 15) is 13.2 Å². The second-order valence-electron chi connectivity index (χ2n) is 4.95. The maximum atomic E-state index is 13.1. The topological polar surface area (TPSA) is 43.6 Å². The van der Waals surface area contributed by atoms with Crippen LogP contribution >= 0.6 is 11.6 Å². The van der Waals surface area contributed by atoms with Crippen molar-refractivity contribution in [1.82, 2.24) is 19.7 Å². The SMILES string of the molecule is FC(F)(F)c1nn(C2CCCCC2)c2ncnc(Cl)c12. The van der Waals surface area contributed by atoms with Crippen LogP contribution in [0.15, 0.2) is 6.33 Å². The largest absolute Gasteiger partial charge is 0.435 e. The van der Waals surface area contributed by atoms with Gasteiger partial charge in [-0.3, -0.25) is 0 Å². The molecular formula is C12H12ClF3N4. The van der Waals surface area contributed by atoms with Crippen LogP contribution in [0.1, 0.15) is 43.8 Å². The molecule has 2 aromatic rings. The number of hydrogen-bond acceptors (Lipinski definition) is 3. The Hall–Kier alpha value is -1.37. The summed E-state index contributed by atoms with van der Waals surface area (Å²) < 4.78 is 40.6. The first-order chi connectivity index (χ1) is 9.48. The quantitative estimate of drug-likeness (QED) is 0.748. The average Bonchev–Trinajstić information content (AvgIpc) is 2.81. The van der Waals surface area contributed by atoms with Gasteiger partial charge in [0.1, 0.15) is 11.5 Å². The van der Waals surface area contributed by atoms with Crippen LogP contribution in [0, 0.1) is 0 Å². The first-order valence-electron chi connectivity index (χ1n) is 6.44. The van der Waals surface area contributed by atoms with E-state index in [1.807, 2.05) is 0 Å². The highest BCUT2D eigenvalue weighted by Crippen LogP contribution is 2.38. The predicted octanol–water partition coefficient (Wildman–Crippen LogP) is 4.00. The van der Waals surface area contributed by atoms with E-state index in [2.05, 4.69) is 15.1 Å². The van der Waals surface area contributed by atoms with Gasteiger partial charge in [-0.2, -0.15) is 18.3 Å². The van der Waals surface area contributed by atoms with Crippen LogP contribution in [-0.2, 0) is 6.18 Å². The molecule has 20 heavy (non-hydrogen) atoms. The zero-order chi connectivity index (χ0) is 14.3. The lowest BCUT2D eigenvalue weighted by Gasteiger charge is -2.22. The van der Waals surface area contributed by atoms with Crippen LogP contribution in [0.5, 0.6) is 0 Å². The summed E-state index contributed by atoms with van der Waals surface area (Å²) in [6, 6.07) is -0.0479. The lowest BCUT2D eigenvalue weighted by atomic mass is 9.96. The van der Waals surface area contributed by atoms with Crippen molar-refractivity contribution in [2.75, 3.05) is 0 Å². The van der Waals surface area contributed by atoms with Crippen LogP contribution in [0.3, 0.4) is 0 Å². The van der Waals surface area contributed by atoms with E-state index < -0.39 is 11.9 Å². The molecule has 0 amide bonds. The Kier molecular flexibility index (Phi) is 3.32. The van der Waals surface area contributed by atoms with Gasteiger partial charge in [-0.15, -0.1) is 0 Å². The molecule has 108 valence electrons. The number of alkyl halides is 3. The third-order valence-corrected chi connectivity index (χ3v) is 3.92. The molecule has 0 aliphatic heterocycles. The van der Waals surface area contributed by atoms with Gasteiger partial charge in [0.15, 0.2) is 11.3 Å². The van der Waals surface area contributed by atoms with E-state index in [-0.39, 0.29) is 22.2 Å². The molecule has 1 aliphatic carbocycles. The summed E-state index contributed by atoms with van der Waals surface area (Å²) in [6.45, 7) is 0. The number of halogens is 4. The standard InChI is InChI=1S/C12H12ClF3N4/c13-10-8-9(12(14,15)16)19-20(11(8)18-6-17-10)7-4-2-1-3-5-7/h6-7H,1-5H2. The maximum Gasteiger partial charge on any atom is 0.435 e. The molecule has 1 fully saturated rings. The number of aromatic nitrogens is 4. The smallest absolute Gasteiger partial charge is 0.243 e. The molecule has 0 unspecified atom stereocenters. The van der Waals surface area contributed by atoms with Gasteiger partial charge in [-0.05, 0) is 12.8 Å². The summed E-state index contributed by atoms with van der Waals surface area (Å²) in [5.41, 5.74) is -0.826. The first-order valence-corrected chi connectivity index (χ1v) is 6.82. The molecule has 0 spiro atoms. The molecule has 3 rings (SSSR count). The fraction of sp³-hybridized carbons (Fsp3) is 0.583. The van der Waals surface area contributed by atoms with E-state index in [1.165, 1.54) is 11.0 Å². The highest BCUT2D eigenvalue weighted by atomic mass is 35.5. The molecule has 1 saturated carbocycles. The second-order valence-corrected chi connectivity index (χ2v) is 5.30. The van der Waals surface area contributed by atoms with Gasteiger partial charge in [0, 0.05) is 0 Å². The van der Waals surface area contributed by atoms with Crippen molar-refractivity contribution >= 4 is 22.6 Å². The van der Waals surface area contributed by atoms with Crippen LogP contribution in [-0.4, -0.2) is 19.7 Å². The minimum Gasteiger partial charge on any atom is -0.243 e. The van der Waals surface area contributed by atoms with Crippen LogP contribution in [0.25, 0.3) is 11.0 Å². The summed E-state index contributed by atoms with van der Waals surface area (Å²) in [7, 11) is 0. The van der Waals surface area contributed by atoms with Crippen LogP contribution in [0.2, 0.25) is 5.15 Å². The number of fused-ring (bicyclic) bond motifs is 1. The van der Waals surface area contributed by atoms with Crippen molar-refractivity contribution in [2.45, 2.75) is 44.3 Å². The highest BCUT2D eigenvalue weighted by Gasteiger charge is 2.39. The van der Waals surface area contributed by atoms with Gasteiger partial charge < -0.3 is 0 Å². The molecule has 4 nitrogen and oxygen atoms in total. The van der Waals surface area contributed by atoms with E-state index in [1.54, 1.807) is 0 Å². The molecule has 0 bridgehead atoms. The molecular weight excluding hydrogens is 293 g/mol. The van der Waals surface area contributed by atoms with Gasteiger partial charge in [-0.25, -0.2) is 14.6 Å². The van der Waals surface area contributed by atoms with Gasteiger partial charge in [0.2, 0.25) is 0 Å². The maximum absolute atomic E-state index is 13.1. The summed E-state index contributed by atoms with van der Waals surface area (Å²) in [6.07, 6.45) is 1.33. The Bertz CT molecular complexity index is 631. The number of nitrogens with zero attached hydrogens (tertiary/aromatic N) is 4. The van der Waals surface area contributed by atoms with E-state index in [4.69, 9.17) is 11.6 Å². The Labute approximate surface area is 118 Å². The molecule has 0 radical (unpaired) electrons. The van der Waals surface area contributed by atoms with Crippen molar-refractivity contribution in [2.24, 2.45) is 0 Å². The predicted molar refractivity (Wildman–Crippen MR) is 67.5 cm³/mol. The van der Waals surface area contributed by atoms with Gasteiger partial charge in [-0.1, -0.05) is 30.9 Å². The van der Waals surface area contributed by atoms with Crippen LogP contribution < -0.4 is 0 Å². The molecule has 0 saturated heterocycles. The first kappa shape index (κ1) is 13.6. The molecule has 8 heteroatoms. The van der Waals surface area contributed by atoms with E-state index in [0.29, 0.717) is 0 Å². The molecule has 1 aliphatic rings. The normalized spacial score (nSPS) is 17.8. The van der Waals surface area contributed by atoms with Crippen molar-refractivity contribution in [1.29, 1.82) is 0 Å². The van der Waals surface area contributed by atoms with Gasteiger partial charge >= 0.3 is 6.18 Å². The Morgan fingerprint density at radius 3 is 2.50 bits per heavy atom. The molecule has 0 aromatic carbocycles. The van der Waals surface area contributed by atoms with E-state index in [0.717, 1.165) is 32.1 Å². The van der Waals surface area contributed by atoms with Crippen LogP contribution in [0.4, 0.5) is 13.2 Å². The zero-order valence-corrected chi connectivity index (χ0v) is 11.2. The second kappa shape index (κ2) is 4.87. The average molecular weight is 305 g/mol. The third kappa shape index (κ3) is 2.24. The summed E-state index contributed by atoms with van der Waals surface area (Å²) in [5.74, 6) is 0. The zero-order valence-electron chi connectivity index (χ0n) is 10.5. The summed E-state index contributed by atoms with van der Waals surface area (Å²) >= 11 is 5.82. The molecule has 2 aromatic heterocycles. The number of hydrogen-bond donors (Lipinski definition) is 0. The van der Waals surface area contributed by atoms with Crippen molar-refractivity contribution in [3.8, 4) is 0 Å². The molecule has 0 atom stereocenters. The Morgan fingerprint density at radius 1 is 1.15 bits per heavy atom. The van der Waals surface area contributed by atoms with Crippen molar-refractivity contribution < 1.29 is 13.2 Å². The molecule has 2 heterocycles. The Balaban J connectivity index is 2.20. The summed E-state index contributed by atoms with van der Waals surface area (Å²) in [4.78, 5) is 7.60. The minimum absolute atomic E-state index is 0.0479. The fourth-order valence-electron chi connectivity index (χ4n) is 2.72. The minimum atomic E-state index is -4.56. The Morgan fingerprint density at radius 2 is 1.85 bits per heavy atom. The number of rotatable bonds is 1. The van der Waals surface area contributed by atoms with Crippen molar-refractivity contribution in [3.63, 3.8) is 0 Å². The fourth-order valence-corrected chi connectivity index (χ4v) is 2.93. The van der Waals surface area contributed by atoms with Gasteiger partial charge in [0.25, 0.3) is 0 Å². The molecule has 0 N–H and O–H groups in total.